The molecule has 0 saturated heterocycles. The molecule has 0 spiro atoms. The number of esters is 1. The van der Waals surface area contributed by atoms with Crippen LogP contribution in [0.1, 0.15) is 296 Å². The summed E-state index contributed by atoms with van der Waals surface area (Å²) < 4.78 is 5.47. The molecule has 0 aliphatic carbocycles. The molecule has 60 heavy (non-hydrogen) atoms. The fourth-order valence-corrected chi connectivity index (χ4v) is 8.40. The Morgan fingerprint density at radius 1 is 0.450 bits per heavy atom. The van der Waals surface area contributed by atoms with Gasteiger partial charge in [-0.2, -0.15) is 0 Å². The van der Waals surface area contributed by atoms with Gasteiger partial charge in [-0.05, 0) is 32.1 Å². The third-order valence-corrected chi connectivity index (χ3v) is 12.6. The van der Waals surface area contributed by atoms with Gasteiger partial charge in [-0.25, -0.2) is 0 Å². The van der Waals surface area contributed by atoms with Gasteiger partial charge < -0.3 is 20.3 Å². The Hall–Kier alpha value is -1.40. The molecule has 3 N–H and O–H groups in total. The van der Waals surface area contributed by atoms with Gasteiger partial charge in [0.2, 0.25) is 5.91 Å². The number of carbonyl (C=O) groups is 2. The van der Waals surface area contributed by atoms with Gasteiger partial charge in [-0.3, -0.25) is 9.59 Å². The van der Waals surface area contributed by atoms with Crippen molar-refractivity contribution in [3.8, 4) is 0 Å². The van der Waals surface area contributed by atoms with E-state index >= 15 is 0 Å². The van der Waals surface area contributed by atoms with E-state index in [-0.39, 0.29) is 18.5 Å². The van der Waals surface area contributed by atoms with E-state index in [9.17, 15) is 19.8 Å². The van der Waals surface area contributed by atoms with E-state index in [1.807, 2.05) is 6.08 Å². The molecule has 6 nitrogen and oxygen atoms in total. The Bertz CT molecular complexity index is 893. The van der Waals surface area contributed by atoms with E-state index in [4.69, 9.17) is 4.74 Å². The molecule has 0 aliphatic rings. The van der Waals surface area contributed by atoms with Crippen LogP contribution in [-0.2, 0) is 14.3 Å². The van der Waals surface area contributed by atoms with Crippen LogP contribution in [0.4, 0.5) is 0 Å². The molecular weight excluding hydrogens is 743 g/mol. The second-order valence-corrected chi connectivity index (χ2v) is 18.6. The predicted molar refractivity (Wildman–Crippen MR) is 260 cm³/mol. The monoisotopic (exact) mass is 848 g/mol. The molecule has 1 amide bonds. The Morgan fingerprint density at radius 2 is 0.767 bits per heavy atom. The molecule has 0 aliphatic heterocycles. The normalized spacial score (nSPS) is 12.7. The maximum Gasteiger partial charge on any atom is 0.305 e. The first-order valence-corrected chi connectivity index (χ1v) is 27.0. The minimum atomic E-state index is -0.857. The summed E-state index contributed by atoms with van der Waals surface area (Å²) in [6.45, 7) is 4.87. The molecule has 356 valence electrons. The van der Waals surface area contributed by atoms with E-state index in [0.717, 1.165) is 57.8 Å². The van der Waals surface area contributed by atoms with Crippen molar-refractivity contribution < 1.29 is 24.5 Å². The summed E-state index contributed by atoms with van der Waals surface area (Å²) in [4.78, 5) is 24.5. The first-order chi connectivity index (χ1) is 29.5. The first-order valence-electron chi connectivity index (χ1n) is 27.0. The molecule has 0 rings (SSSR count). The maximum absolute atomic E-state index is 12.4. The highest BCUT2D eigenvalue weighted by atomic mass is 16.5. The van der Waals surface area contributed by atoms with Crippen LogP contribution >= 0.6 is 0 Å². The van der Waals surface area contributed by atoms with Gasteiger partial charge >= 0.3 is 5.97 Å². The van der Waals surface area contributed by atoms with Crippen LogP contribution in [0.5, 0.6) is 0 Å². The van der Waals surface area contributed by atoms with Crippen molar-refractivity contribution in [1.29, 1.82) is 0 Å². The van der Waals surface area contributed by atoms with Crippen molar-refractivity contribution in [2.24, 2.45) is 0 Å². The molecule has 2 unspecified atom stereocenters. The molecule has 0 fully saturated rings. The quantitative estimate of drug-likeness (QED) is 0.0322. The Morgan fingerprint density at radius 3 is 1.13 bits per heavy atom. The lowest BCUT2D eigenvalue weighted by molar-refractivity contribution is -0.143. The van der Waals surface area contributed by atoms with E-state index in [2.05, 4.69) is 19.2 Å². The second kappa shape index (κ2) is 50.2. The fraction of sp³-hybridized carbons (Fsp3) is 0.926. The lowest BCUT2D eigenvalue weighted by atomic mass is 10.0. The topological polar surface area (TPSA) is 95.9 Å². The van der Waals surface area contributed by atoms with E-state index in [1.165, 1.54) is 212 Å². The van der Waals surface area contributed by atoms with Gasteiger partial charge in [-0.1, -0.05) is 264 Å². The molecule has 2 atom stereocenters. The van der Waals surface area contributed by atoms with E-state index < -0.39 is 12.1 Å². The standard InChI is InChI=1S/C54H105NO5/c1-3-5-7-9-11-13-15-17-19-20-21-23-25-27-32-36-40-44-48-54(59)60-49-45-41-37-33-29-28-31-35-39-43-47-53(58)55-51(50-56)52(57)46-42-38-34-30-26-24-22-18-16-14-12-10-8-6-4-2/h42,46,51-52,56-57H,3-41,43-45,47-50H2,1-2H3,(H,55,58)/b46-42+. The second-order valence-electron chi connectivity index (χ2n) is 18.6. The van der Waals surface area contributed by atoms with Crippen molar-refractivity contribution >= 4 is 11.9 Å². The molecule has 6 heteroatoms. The largest absolute Gasteiger partial charge is 0.466 e. The molecule has 0 aromatic rings. The van der Waals surface area contributed by atoms with Gasteiger partial charge in [-0.15, -0.1) is 0 Å². The summed E-state index contributed by atoms with van der Waals surface area (Å²) in [6, 6.07) is -0.643. The van der Waals surface area contributed by atoms with Gasteiger partial charge in [0.1, 0.15) is 0 Å². The molecule has 0 saturated carbocycles. The predicted octanol–water partition coefficient (Wildman–Crippen LogP) is 16.1. The number of hydrogen-bond donors (Lipinski definition) is 3. The van der Waals surface area contributed by atoms with Crippen molar-refractivity contribution in [1.82, 2.24) is 5.32 Å². The number of hydrogen-bond acceptors (Lipinski definition) is 5. The number of rotatable bonds is 50. The molecule has 0 bridgehead atoms. The zero-order chi connectivity index (χ0) is 43.7. The SMILES string of the molecule is CCCCCCCCCCCCCCC/C=C/C(O)C(CO)NC(=O)CCCCCCCCCCCCOC(=O)CCCCCCCCCCCCCCCCCCCC. The zero-order valence-electron chi connectivity index (χ0n) is 40.5. The summed E-state index contributed by atoms with van der Waals surface area (Å²) in [5.41, 5.74) is 0. The van der Waals surface area contributed by atoms with Crippen LogP contribution in [0, 0.1) is 0 Å². The Balaban J connectivity index is 3.47. The van der Waals surface area contributed by atoms with E-state index in [0.29, 0.717) is 19.4 Å². The number of allylic oxidation sites excluding steroid dienone is 1. The Labute approximate surface area is 374 Å². The van der Waals surface area contributed by atoms with Crippen LogP contribution in [-0.4, -0.2) is 47.4 Å². The summed E-state index contributed by atoms with van der Waals surface area (Å²) >= 11 is 0. The summed E-state index contributed by atoms with van der Waals surface area (Å²) in [5.74, 6) is -0.105. The summed E-state index contributed by atoms with van der Waals surface area (Å²) in [7, 11) is 0. The van der Waals surface area contributed by atoms with Crippen molar-refractivity contribution in [3.63, 3.8) is 0 Å². The molecule has 0 radical (unpaired) electrons. The third kappa shape index (κ3) is 46.1. The number of nitrogens with one attached hydrogen (secondary N) is 1. The third-order valence-electron chi connectivity index (χ3n) is 12.6. The van der Waals surface area contributed by atoms with Crippen LogP contribution in [0.25, 0.3) is 0 Å². The maximum atomic E-state index is 12.4. The van der Waals surface area contributed by atoms with Crippen LogP contribution in [0.3, 0.4) is 0 Å². The smallest absolute Gasteiger partial charge is 0.305 e. The molecule has 0 heterocycles. The molecule has 0 aromatic heterocycles. The van der Waals surface area contributed by atoms with Crippen LogP contribution in [0.15, 0.2) is 12.2 Å². The molecular formula is C54H105NO5. The Kier molecular flexibility index (Phi) is 49.1. The number of aliphatic hydroxyl groups is 2. The lowest BCUT2D eigenvalue weighted by Crippen LogP contribution is -2.45. The highest BCUT2D eigenvalue weighted by molar-refractivity contribution is 5.76. The van der Waals surface area contributed by atoms with Crippen molar-refractivity contribution in [3.05, 3.63) is 12.2 Å². The van der Waals surface area contributed by atoms with Crippen molar-refractivity contribution in [2.45, 2.75) is 309 Å². The van der Waals surface area contributed by atoms with Crippen LogP contribution in [0.2, 0.25) is 0 Å². The number of ether oxygens (including phenoxy) is 1. The van der Waals surface area contributed by atoms with Gasteiger partial charge in [0.15, 0.2) is 0 Å². The average Bonchev–Trinajstić information content (AvgIpc) is 3.25. The summed E-state index contributed by atoms with van der Waals surface area (Å²) in [5, 5.41) is 23.1. The number of aliphatic hydroxyl groups excluding tert-OH is 2. The lowest BCUT2D eigenvalue weighted by Gasteiger charge is -2.20. The highest BCUT2D eigenvalue weighted by Crippen LogP contribution is 2.17. The molecule has 0 aromatic carbocycles. The van der Waals surface area contributed by atoms with Gasteiger partial charge in [0, 0.05) is 12.8 Å². The number of unbranched alkanes of at least 4 members (excludes halogenated alkanes) is 39. The minimum Gasteiger partial charge on any atom is -0.466 e. The average molecular weight is 848 g/mol. The zero-order valence-corrected chi connectivity index (χ0v) is 40.5. The van der Waals surface area contributed by atoms with E-state index in [1.54, 1.807) is 6.08 Å². The number of carbonyl (C=O) groups excluding carboxylic acids is 2. The first kappa shape index (κ1) is 58.6. The summed E-state index contributed by atoms with van der Waals surface area (Å²) in [6.07, 6.45) is 57.9. The van der Waals surface area contributed by atoms with Gasteiger partial charge in [0.05, 0.1) is 25.4 Å². The number of amides is 1. The fourth-order valence-electron chi connectivity index (χ4n) is 8.40. The highest BCUT2D eigenvalue weighted by Gasteiger charge is 2.18. The van der Waals surface area contributed by atoms with Gasteiger partial charge in [0.25, 0.3) is 0 Å². The van der Waals surface area contributed by atoms with Crippen LogP contribution < -0.4 is 5.32 Å². The minimum absolute atomic E-state index is 0.0162. The van der Waals surface area contributed by atoms with Crippen molar-refractivity contribution in [2.75, 3.05) is 13.2 Å².